The molecule has 4 N–H and O–H groups in total. The van der Waals surface area contributed by atoms with Crippen LogP contribution in [0.25, 0.3) is 10.9 Å². The molecule has 0 spiro atoms. The third-order valence-electron chi connectivity index (χ3n) is 6.62. The largest absolute Gasteiger partial charge is 0.358 e. The molecule has 3 atom stereocenters. The second-order valence-corrected chi connectivity index (χ2v) is 8.51. The number of fused-ring (bicyclic) bond motifs is 3. The van der Waals surface area contributed by atoms with Crippen molar-refractivity contribution in [3.05, 3.63) is 71.2 Å². The van der Waals surface area contributed by atoms with Crippen molar-refractivity contribution in [3.8, 4) is 0 Å². The number of H-pyrrole nitrogens is 1. The van der Waals surface area contributed by atoms with Crippen LogP contribution in [0.3, 0.4) is 0 Å². The molecule has 4 heteroatoms. The van der Waals surface area contributed by atoms with E-state index in [1.165, 1.54) is 29.5 Å². The van der Waals surface area contributed by atoms with Crippen molar-refractivity contribution in [2.45, 2.75) is 43.6 Å². The minimum Gasteiger partial charge on any atom is -0.358 e. The number of nitrogens with one attached hydrogen (secondary N) is 2. The van der Waals surface area contributed by atoms with Gasteiger partial charge in [-0.15, -0.1) is 0 Å². The highest BCUT2D eigenvalue weighted by Crippen LogP contribution is 2.44. The maximum atomic E-state index is 14.6. The Morgan fingerprint density at radius 3 is 2.68 bits per heavy atom. The van der Waals surface area contributed by atoms with Gasteiger partial charge in [0.25, 0.3) is 0 Å². The highest BCUT2D eigenvalue weighted by molar-refractivity contribution is 5.85. The summed E-state index contributed by atoms with van der Waals surface area (Å²) in [6, 6.07) is 15.5. The predicted molar refractivity (Wildman–Crippen MR) is 112 cm³/mol. The van der Waals surface area contributed by atoms with Crippen molar-refractivity contribution in [2.24, 2.45) is 11.7 Å². The van der Waals surface area contributed by atoms with Crippen LogP contribution in [0.1, 0.15) is 47.9 Å². The fourth-order valence-corrected chi connectivity index (χ4v) is 4.95. The van der Waals surface area contributed by atoms with E-state index in [1.54, 1.807) is 12.1 Å². The lowest BCUT2D eigenvalue weighted by Gasteiger charge is -2.37. The molecule has 1 heterocycles. The molecule has 0 unspecified atom stereocenters. The van der Waals surface area contributed by atoms with E-state index in [2.05, 4.69) is 34.6 Å². The first kappa shape index (κ1) is 17.9. The summed E-state index contributed by atoms with van der Waals surface area (Å²) < 4.78 is 14.6. The highest BCUT2D eigenvalue weighted by atomic mass is 19.1. The molecule has 28 heavy (non-hydrogen) atoms. The van der Waals surface area contributed by atoms with Crippen molar-refractivity contribution < 1.29 is 4.39 Å². The fourth-order valence-electron chi connectivity index (χ4n) is 4.95. The zero-order chi connectivity index (χ0) is 19.1. The summed E-state index contributed by atoms with van der Waals surface area (Å²) in [7, 11) is 0. The molecule has 5 rings (SSSR count). The van der Waals surface area contributed by atoms with E-state index < -0.39 is 0 Å². The Morgan fingerprint density at radius 1 is 1.07 bits per heavy atom. The van der Waals surface area contributed by atoms with Gasteiger partial charge in [0.1, 0.15) is 5.82 Å². The zero-order valence-electron chi connectivity index (χ0n) is 16.1. The van der Waals surface area contributed by atoms with Gasteiger partial charge in [0.2, 0.25) is 0 Å². The van der Waals surface area contributed by atoms with Crippen LogP contribution in [0.5, 0.6) is 0 Å². The molecule has 3 nitrogen and oxygen atoms in total. The minimum absolute atomic E-state index is 0.00445. The summed E-state index contributed by atoms with van der Waals surface area (Å²) in [4.78, 5) is 3.61. The number of hydrogen-bond acceptors (Lipinski definition) is 2. The van der Waals surface area contributed by atoms with Crippen LogP contribution in [0.4, 0.5) is 4.39 Å². The van der Waals surface area contributed by atoms with E-state index in [0.717, 1.165) is 42.9 Å². The molecular formula is C24H28FN3. The van der Waals surface area contributed by atoms with Gasteiger partial charge < -0.3 is 16.0 Å². The number of benzene rings is 2. The first-order valence-corrected chi connectivity index (χ1v) is 10.5. The molecule has 3 aromatic rings. The SMILES string of the molecule is N[C@@H]1[C@@H](c2ccccc2F)Cc2[nH]c3ccccc3c2[C@H]1CCNCC1CC1. The van der Waals surface area contributed by atoms with Gasteiger partial charge in [0.05, 0.1) is 0 Å². The number of rotatable bonds is 6. The third kappa shape index (κ3) is 3.25. The van der Waals surface area contributed by atoms with Crippen LogP contribution < -0.4 is 11.1 Å². The van der Waals surface area contributed by atoms with Crippen molar-refractivity contribution in [3.63, 3.8) is 0 Å². The monoisotopic (exact) mass is 377 g/mol. The van der Waals surface area contributed by atoms with Crippen LogP contribution in [0, 0.1) is 11.7 Å². The lowest BCUT2D eigenvalue weighted by atomic mass is 9.71. The molecule has 2 aliphatic rings. The van der Waals surface area contributed by atoms with Gasteiger partial charge in [-0.05, 0) is 68.0 Å². The van der Waals surface area contributed by atoms with Crippen molar-refractivity contribution in [2.75, 3.05) is 13.1 Å². The van der Waals surface area contributed by atoms with Crippen LogP contribution in [0.15, 0.2) is 48.5 Å². The second kappa shape index (κ2) is 7.34. The Balaban J connectivity index is 1.49. The maximum Gasteiger partial charge on any atom is 0.126 e. The molecule has 1 saturated carbocycles. The minimum atomic E-state index is -0.145. The Bertz CT molecular complexity index is 975. The van der Waals surface area contributed by atoms with Crippen LogP contribution in [0.2, 0.25) is 0 Å². The maximum absolute atomic E-state index is 14.6. The summed E-state index contributed by atoms with van der Waals surface area (Å²) in [6.45, 7) is 2.07. The van der Waals surface area contributed by atoms with E-state index in [9.17, 15) is 4.39 Å². The Labute approximate surface area is 165 Å². The van der Waals surface area contributed by atoms with Gasteiger partial charge in [-0.2, -0.15) is 0 Å². The van der Waals surface area contributed by atoms with Crippen molar-refractivity contribution in [1.82, 2.24) is 10.3 Å². The fraction of sp³-hybridized carbons (Fsp3) is 0.417. The summed E-state index contributed by atoms with van der Waals surface area (Å²) in [5.74, 6) is 0.939. The van der Waals surface area contributed by atoms with Gasteiger partial charge in [0.15, 0.2) is 0 Å². The molecular weight excluding hydrogens is 349 g/mol. The number of halogens is 1. The molecule has 0 aliphatic heterocycles. The van der Waals surface area contributed by atoms with Crippen LogP contribution in [-0.4, -0.2) is 24.1 Å². The normalized spacial score (nSPS) is 24.4. The summed E-state index contributed by atoms with van der Waals surface area (Å²) >= 11 is 0. The predicted octanol–water partition coefficient (Wildman–Crippen LogP) is 4.45. The Kier molecular flexibility index (Phi) is 4.69. The van der Waals surface area contributed by atoms with Crippen LogP contribution in [-0.2, 0) is 6.42 Å². The van der Waals surface area contributed by atoms with E-state index in [1.807, 2.05) is 12.1 Å². The molecule has 1 fully saturated rings. The van der Waals surface area contributed by atoms with Crippen molar-refractivity contribution in [1.29, 1.82) is 0 Å². The van der Waals surface area contributed by atoms with Gasteiger partial charge in [-0.1, -0.05) is 36.4 Å². The molecule has 2 aromatic carbocycles. The second-order valence-electron chi connectivity index (χ2n) is 8.51. The first-order valence-electron chi connectivity index (χ1n) is 10.5. The Hall–Kier alpha value is -2.17. The molecule has 0 radical (unpaired) electrons. The zero-order valence-corrected chi connectivity index (χ0v) is 16.1. The quantitative estimate of drug-likeness (QED) is 0.556. The first-order chi connectivity index (χ1) is 13.7. The number of aromatic amines is 1. The molecule has 1 aromatic heterocycles. The van der Waals surface area contributed by atoms with Crippen LogP contribution >= 0.6 is 0 Å². The van der Waals surface area contributed by atoms with Gasteiger partial charge in [-0.3, -0.25) is 0 Å². The molecule has 146 valence electrons. The summed E-state index contributed by atoms with van der Waals surface area (Å²) in [5, 5.41) is 4.88. The average molecular weight is 378 g/mol. The summed E-state index contributed by atoms with van der Waals surface area (Å²) in [5.41, 5.74) is 11.3. The molecule has 2 aliphatic carbocycles. The lowest BCUT2D eigenvalue weighted by molar-refractivity contribution is 0.383. The molecule has 0 saturated heterocycles. The van der Waals surface area contributed by atoms with E-state index in [4.69, 9.17) is 5.73 Å². The third-order valence-corrected chi connectivity index (χ3v) is 6.62. The number of nitrogens with two attached hydrogens (primary N) is 1. The van der Waals surface area contributed by atoms with Crippen molar-refractivity contribution >= 4 is 10.9 Å². The number of para-hydroxylation sites is 1. The highest BCUT2D eigenvalue weighted by Gasteiger charge is 2.38. The topological polar surface area (TPSA) is 53.8 Å². The van der Waals surface area contributed by atoms with E-state index >= 15 is 0 Å². The molecule has 0 bridgehead atoms. The van der Waals surface area contributed by atoms with Gasteiger partial charge in [-0.25, -0.2) is 4.39 Å². The lowest BCUT2D eigenvalue weighted by Crippen LogP contribution is -2.41. The Morgan fingerprint density at radius 2 is 1.86 bits per heavy atom. The van der Waals surface area contributed by atoms with E-state index in [0.29, 0.717) is 0 Å². The van der Waals surface area contributed by atoms with Gasteiger partial charge >= 0.3 is 0 Å². The standard InChI is InChI=1S/C24H28FN3/c25-20-7-3-1-5-16(20)19-13-22-23(17-6-2-4-8-21(17)28-22)18(24(19)26)11-12-27-14-15-9-10-15/h1-8,15,18-19,24,27-28H,9-14,26H2/t18-,19-,24+/m1/s1. The number of aromatic nitrogens is 1. The average Bonchev–Trinajstić information content (AvgIpc) is 3.46. The smallest absolute Gasteiger partial charge is 0.126 e. The van der Waals surface area contributed by atoms with E-state index in [-0.39, 0.29) is 23.7 Å². The number of hydrogen-bond donors (Lipinski definition) is 3. The van der Waals surface area contributed by atoms with Gasteiger partial charge in [0, 0.05) is 34.5 Å². The summed E-state index contributed by atoms with van der Waals surface area (Å²) in [6.07, 6.45) is 4.46. The molecule has 0 amide bonds.